The van der Waals surface area contributed by atoms with E-state index in [1.54, 1.807) is 6.07 Å². The predicted molar refractivity (Wildman–Crippen MR) is 91.1 cm³/mol. The highest BCUT2D eigenvalue weighted by molar-refractivity contribution is 5.93. The lowest BCUT2D eigenvalue weighted by molar-refractivity contribution is 0.0600. The first-order valence-corrected chi connectivity index (χ1v) is 7.97. The van der Waals surface area contributed by atoms with Crippen molar-refractivity contribution >= 4 is 17.3 Å². The molecule has 2 rings (SSSR count). The highest BCUT2D eigenvalue weighted by atomic mass is 16.5. The van der Waals surface area contributed by atoms with Crippen LogP contribution in [0.4, 0.5) is 11.4 Å². The summed E-state index contributed by atoms with van der Waals surface area (Å²) in [6.07, 6.45) is 3.55. The predicted octanol–water partition coefficient (Wildman–Crippen LogP) is 3.99. The van der Waals surface area contributed by atoms with Crippen molar-refractivity contribution in [1.82, 2.24) is 0 Å². The minimum absolute atomic E-state index is 0.344. The number of aryl methyl sites for hydroxylation is 1. The van der Waals surface area contributed by atoms with Gasteiger partial charge >= 0.3 is 5.97 Å². The zero-order valence-corrected chi connectivity index (χ0v) is 14.3. The van der Waals surface area contributed by atoms with Gasteiger partial charge in [-0.25, -0.2) is 4.79 Å². The molecule has 1 saturated carbocycles. The molecule has 1 aromatic carbocycles. The zero-order chi connectivity index (χ0) is 16.5. The SMILES string of the molecule is COC(=O)c1cc(N)c(N[C@@H]2C[C@H](C)CC(C)(C)C2)cc1C. The lowest BCUT2D eigenvalue weighted by atomic mass is 9.70. The molecule has 3 N–H and O–H groups in total. The van der Waals surface area contributed by atoms with E-state index in [9.17, 15) is 4.79 Å². The van der Waals surface area contributed by atoms with E-state index in [0.29, 0.717) is 28.6 Å². The Morgan fingerprint density at radius 1 is 1.36 bits per heavy atom. The second kappa shape index (κ2) is 6.19. The number of nitrogen functional groups attached to an aromatic ring is 1. The molecular weight excluding hydrogens is 276 g/mol. The first-order chi connectivity index (χ1) is 10.2. The van der Waals surface area contributed by atoms with Gasteiger partial charge in [0.2, 0.25) is 0 Å². The Morgan fingerprint density at radius 3 is 2.64 bits per heavy atom. The van der Waals surface area contributed by atoms with E-state index in [1.165, 1.54) is 13.5 Å². The summed E-state index contributed by atoms with van der Waals surface area (Å²) in [7, 11) is 1.38. The summed E-state index contributed by atoms with van der Waals surface area (Å²) in [5.74, 6) is 0.362. The Morgan fingerprint density at radius 2 is 2.05 bits per heavy atom. The summed E-state index contributed by atoms with van der Waals surface area (Å²) in [5, 5.41) is 3.58. The number of hydrogen-bond acceptors (Lipinski definition) is 4. The van der Waals surface area contributed by atoms with Gasteiger partial charge in [0.15, 0.2) is 0 Å². The molecule has 122 valence electrons. The van der Waals surface area contributed by atoms with Crippen LogP contribution in [0.5, 0.6) is 0 Å². The van der Waals surface area contributed by atoms with E-state index in [2.05, 4.69) is 26.1 Å². The molecule has 22 heavy (non-hydrogen) atoms. The maximum absolute atomic E-state index is 11.7. The molecule has 1 aliphatic rings. The van der Waals surface area contributed by atoms with Crippen molar-refractivity contribution in [1.29, 1.82) is 0 Å². The number of carbonyl (C=O) groups excluding carboxylic acids is 1. The number of nitrogens with two attached hydrogens (primary N) is 1. The van der Waals surface area contributed by atoms with Gasteiger partial charge in [-0.1, -0.05) is 20.8 Å². The van der Waals surface area contributed by atoms with Crippen molar-refractivity contribution < 1.29 is 9.53 Å². The van der Waals surface area contributed by atoms with Crippen LogP contribution in [-0.2, 0) is 4.74 Å². The molecule has 0 spiro atoms. The van der Waals surface area contributed by atoms with Crippen LogP contribution in [0, 0.1) is 18.3 Å². The fourth-order valence-corrected chi connectivity index (χ4v) is 3.86. The maximum atomic E-state index is 11.7. The molecule has 0 aromatic heterocycles. The van der Waals surface area contributed by atoms with Gasteiger partial charge in [-0.15, -0.1) is 0 Å². The Bertz CT molecular complexity index is 566. The van der Waals surface area contributed by atoms with E-state index < -0.39 is 0 Å². The van der Waals surface area contributed by atoms with Gasteiger partial charge in [-0.2, -0.15) is 0 Å². The van der Waals surface area contributed by atoms with Crippen molar-refractivity contribution in [2.45, 2.75) is 53.0 Å². The summed E-state index contributed by atoms with van der Waals surface area (Å²) < 4.78 is 4.79. The molecule has 0 radical (unpaired) electrons. The summed E-state index contributed by atoms with van der Waals surface area (Å²) in [5.41, 5.74) is 9.41. The second-order valence-corrected chi connectivity index (χ2v) is 7.50. The van der Waals surface area contributed by atoms with Crippen LogP contribution in [-0.4, -0.2) is 19.1 Å². The van der Waals surface area contributed by atoms with Crippen LogP contribution in [0.15, 0.2) is 12.1 Å². The normalized spacial score (nSPS) is 23.9. The molecule has 1 aliphatic carbocycles. The summed E-state index contributed by atoms with van der Waals surface area (Å²) in [6, 6.07) is 4.08. The van der Waals surface area contributed by atoms with E-state index in [-0.39, 0.29) is 5.97 Å². The smallest absolute Gasteiger partial charge is 0.338 e. The van der Waals surface area contributed by atoms with Crippen LogP contribution < -0.4 is 11.1 Å². The quantitative estimate of drug-likeness (QED) is 0.654. The van der Waals surface area contributed by atoms with Gasteiger partial charge in [0.05, 0.1) is 24.0 Å². The van der Waals surface area contributed by atoms with Gasteiger partial charge in [-0.05, 0) is 55.2 Å². The molecular formula is C18H28N2O2. The number of nitrogens with one attached hydrogen (secondary N) is 1. The molecule has 0 bridgehead atoms. The summed E-state index contributed by atoms with van der Waals surface area (Å²) in [6.45, 7) is 8.87. The number of anilines is 2. The highest BCUT2D eigenvalue weighted by Crippen LogP contribution is 2.40. The average molecular weight is 304 g/mol. The van der Waals surface area contributed by atoms with Crippen molar-refractivity contribution in [2.75, 3.05) is 18.2 Å². The molecule has 0 saturated heterocycles. The largest absolute Gasteiger partial charge is 0.465 e. The molecule has 4 heteroatoms. The number of methoxy groups -OCH3 is 1. The zero-order valence-electron chi connectivity index (χ0n) is 14.3. The van der Waals surface area contributed by atoms with Gasteiger partial charge < -0.3 is 15.8 Å². The number of benzene rings is 1. The number of hydrogen-bond donors (Lipinski definition) is 2. The first-order valence-electron chi connectivity index (χ1n) is 7.97. The fourth-order valence-electron chi connectivity index (χ4n) is 3.86. The molecule has 1 fully saturated rings. The lowest BCUT2D eigenvalue weighted by Gasteiger charge is -2.39. The van der Waals surface area contributed by atoms with Crippen LogP contribution in [0.2, 0.25) is 0 Å². The Labute approximate surface area is 133 Å². The number of carbonyl (C=O) groups is 1. The van der Waals surface area contributed by atoms with Gasteiger partial charge in [0.1, 0.15) is 0 Å². The number of rotatable bonds is 3. The minimum Gasteiger partial charge on any atom is -0.465 e. The first kappa shape index (κ1) is 16.7. The van der Waals surface area contributed by atoms with E-state index >= 15 is 0 Å². The highest BCUT2D eigenvalue weighted by Gasteiger charge is 2.32. The molecule has 4 nitrogen and oxygen atoms in total. The summed E-state index contributed by atoms with van der Waals surface area (Å²) in [4.78, 5) is 11.7. The standard InChI is InChI=1S/C18H28N2O2/c1-11-6-13(10-18(3,4)9-11)20-16-7-12(2)14(8-15(16)19)17(21)22-5/h7-8,11,13,20H,6,9-10,19H2,1-5H3/t11-,13+/m0/s1. The van der Waals surface area contributed by atoms with Crippen LogP contribution in [0.3, 0.4) is 0 Å². The third-order valence-electron chi connectivity index (χ3n) is 4.55. The van der Waals surface area contributed by atoms with Crippen LogP contribution >= 0.6 is 0 Å². The maximum Gasteiger partial charge on any atom is 0.338 e. The molecule has 0 aliphatic heterocycles. The Kier molecular flexibility index (Phi) is 4.69. The Balaban J connectivity index is 2.20. The van der Waals surface area contributed by atoms with Gasteiger partial charge in [0.25, 0.3) is 0 Å². The van der Waals surface area contributed by atoms with E-state index in [0.717, 1.165) is 24.1 Å². The van der Waals surface area contributed by atoms with Crippen LogP contribution in [0.1, 0.15) is 56.0 Å². The topological polar surface area (TPSA) is 64.3 Å². The third-order valence-corrected chi connectivity index (χ3v) is 4.55. The van der Waals surface area contributed by atoms with Gasteiger partial charge in [-0.3, -0.25) is 0 Å². The molecule has 2 atom stereocenters. The van der Waals surface area contributed by atoms with E-state index in [1.807, 2.05) is 13.0 Å². The summed E-state index contributed by atoms with van der Waals surface area (Å²) >= 11 is 0. The number of ether oxygens (including phenoxy) is 1. The third kappa shape index (κ3) is 3.73. The van der Waals surface area contributed by atoms with Gasteiger partial charge in [0, 0.05) is 6.04 Å². The van der Waals surface area contributed by atoms with Crippen molar-refractivity contribution in [2.24, 2.45) is 11.3 Å². The molecule has 0 unspecified atom stereocenters. The Hall–Kier alpha value is -1.71. The van der Waals surface area contributed by atoms with Crippen LogP contribution in [0.25, 0.3) is 0 Å². The van der Waals surface area contributed by atoms with Crippen molar-refractivity contribution in [3.63, 3.8) is 0 Å². The van der Waals surface area contributed by atoms with Crippen molar-refractivity contribution in [3.8, 4) is 0 Å². The average Bonchev–Trinajstić information content (AvgIpc) is 2.39. The second-order valence-electron chi connectivity index (χ2n) is 7.50. The lowest BCUT2D eigenvalue weighted by Crippen LogP contribution is -2.35. The fraction of sp³-hybridized carbons (Fsp3) is 0.611. The minimum atomic E-state index is -0.344. The number of esters is 1. The monoisotopic (exact) mass is 304 g/mol. The van der Waals surface area contributed by atoms with E-state index in [4.69, 9.17) is 10.5 Å². The molecule has 0 heterocycles. The molecule has 1 aromatic rings. The molecule has 0 amide bonds. The van der Waals surface area contributed by atoms with Crippen molar-refractivity contribution in [3.05, 3.63) is 23.3 Å².